The summed E-state index contributed by atoms with van der Waals surface area (Å²) >= 11 is 0. The van der Waals surface area contributed by atoms with E-state index in [4.69, 9.17) is 5.73 Å². The summed E-state index contributed by atoms with van der Waals surface area (Å²) in [5, 5.41) is 0. The first kappa shape index (κ1) is 11.2. The molecule has 0 aliphatic carbocycles. The van der Waals surface area contributed by atoms with Gasteiger partial charge in [-0.25, -0.2) is 4.39 Å². The molecule has 0 spiro atoms. The molecule has 0 heterocycles. The topological polar surface area (TPSA) is 63.4 Å². The van der Waals surface area contributed by atoms with Crippen LogP contribution in [0.1, 0.15) is 10.4 Å². The van der Waals surface area contributed by atoms with Gasteiger partial charge in [0.05, 0.1) is 6.54 Å². The summed E-state index contributed by atoms with van der Waals surface area (Å²) in [5.74, 6) is -1.37. The Morgan fingerprint density at radius 1 is 1.33 bits per heavy atom. The first-order valence-corrected chi connectivity index (χ1v) is 4.30. The van der Waals surface area contributed by atoms with E-state index in [0.29, 0.717) is 5.56 Å². The molecule has 1 aromatic carbocycles. The van der Waals surface area contributed by atoms with Crippen LogP contribution >= 0.6 is 0 Å². The number of amides is 2. The van der Waals surface area contributed by atoms with Crippen LogP contribution in [0.25, 0.3) is 0 Å². The molecule has 0 aliphatic rings. The van der Waals surface area contributed by atoms with Gasteiger partial charge in [-0.1, -0.05) is 0 Å². The second-order valence-electron chi connectivity index (χ2n) is 3.13. The van der Waals surface area contributed by atoms with Gasteiger partial charge in [0.2, 0.25) is 5.91 Å². The van der Waals surface area contributed by atoms with E-state index in [2.05, 4.69) is 0 Å². The number of nitrogens with zero attached hydrogens (tertiary/aromatic N) is 1. The Kier molecular flexibility index (Phi) is 3.38. The first-order valence-electron chi connectivity index (χ1n) is 4.30. The van der Waals surface area contributed by atoms with Crippen molar-refractivity contribution in [2.45, 2.75) is 0 Å². The van der Waals surface area contributed by atoms with E-state index in [1.807, 2.05) is 0 Å². The zero-order valence-corrected chi connectivity index (χ0v) is 8.24. The van der Waals surface area contributed by atoms with Gasteiger partial charge in [-0.2, -0.15) is 0 Å². The van der Waals surface area contributed by atoms with E-state index in [-0.39, 0.29) is 12.5 Å². The van der Waals surface area contributed by atoms with Crippen molar-refractivity contribution in [3.63, 3.8) is 0 Å². The fourth-order valence-corrected chi connectivity index (χ4v) is 1.12. The molecular weight excluding hydrogens is 199 g/mol. The summed E-state index contributed by atoms with van der Waals surface area (Å²) in [7, 11) is 1.45. The van der Waals surface area contributed by atoms with E-state index >= 15 is 0 Å². The van der Waals surface area contributed by atoms with Gasteiger partial charge in [0.15, 0.2) is 0 Å². The lowest BCUT2D eigenvalue weighted by molar-refractivity contribution is -0.118. The summed E-state index contributed by atoms with van der Waals surface area (Å²) in [6.45, 7) is -0.157. The molecule has 1 aromatic rings. The van der Waals surface area contributed by atoms with Crippen LogP contribution < -0.4 is 5.73 Å². The molecule has 0 aromatic heterocycles. The molecule has 0 saturated heterocycles. The smallest absolute Gasteiger partial charge is 0.254 e. The molecule has 0 radical (unpaired) electrons. The highest BCUT2D eigenvalue weighted by molar-refractivity contribution is 5.96. The highest BCUT2D eigenvalue weighted by Gasteiger charge is 2.12. The normalized spacial score (nSPS) is 9.73. The van der Waals surface area contributed by atoms with Crippen LogP contribution in [-0.2, 0) is 4.79 Å². The second-order valence-corrected chi connectivity index (χ2v) is 3.13. The van der Waals surface area contributed by atoms with Crippen molar-refractivity contribution >= 4 is 11.8 Å². The van der Waals surface area contributed by atoms with E-state index < -0.39 is 11.7 Å². The minimum absolute atomic E-state index is 0.157. The minimum Gasteiger partial charge on any atom is -0.368 e. The Labute approximate surface area is 86.5 Å². The Morgan fingerprint density at radius 2 is 1.87 bits per heavy atom. The molecule has 80 valence electrons. The molecule has 2 N–H and O–H groups in total. The molecule has 0 unspecified atom stereocenters. The highest BCUT2D eigenvalue weighted by Crippen LogP contribution is 2.05. The van der Waals surface area contributed by atoms with Gasteiger partial charge in [0.1, 0.15) is 5.82 Å². The molecule has 0 aliphatic heterocycles. The fraction of sp³-hybridized carbons (Fsp3) is 0.200. The van der Waals surface area contributed by atoms with Crippen molar-refractivity contribution in [3.8, 4) is 0 Å². The largest absolute Gasteiger partial charge is 0.368 e. The Morgan fingerprint density at radius 3 is 2.33 bits per heavy atom. The summed E-state index contributed by atoms with van der Waals surface area (Å²) in [4.78, 5) is 23.3. The van der Waals surface area contributed by atoms with Crippen molar-refractivity contribution in [2.75, 3.05) is 13.6 Å². The lowest BCUT2D eigenvalue weighted by Crippen LogP contribution is -2.35. The van der Waals surface area contributed by atoms with E-state index in [9.17, 15) is 14.0 Å². The maximum absolute atomic E-state index is 12.6. The predicted molar refractivity (Wildman–Crippen MR) is 52.6 cm³/mol. The molecular formula is C10H11FN2O2. The van der Waals surface area contributed by atoms with Crippen molar-refractivity contribution in [1.29, 1.82) is 0 Å². The maximum atomic E-state index is 12.6. The van der Waals surface area contributed by atoms with Gasteiger partial charge < -0.3 is 10.6 Å². The predicted octanol–water partition coefficient (Wildman–Crippen LogP) is 0.383. The summed E-state index contributed by atoms with van der Waals surface area (Å²) < 4.78 is 12.6. The third kappa shape index (κ3) is 3.05. The molecule has 4 nitrogen and oxygen atoms in total. The second kappa shape index (κ2) is 4.54. The average Bonchev–Trinajstić information content (AvgIpc) is 2.17. The lowest BCUT2D eigenvalue weighted by Gasteiger charge is -2.14. The van der Waals surface area contributed by atoms with Gasteiger partial charge >= 0.3 is 0 Å². The fourth-order valence-electron chi connectivity index (χ4n) is 1.12. The zero-order valence-electron chi connectivity index (χ0n) is 8.24. The molecule has 5 heteroatoms. The number of likely N-dealkylation sites (N-methyl/N-ethyl adjacent to an activating group) is 1. The number of nitrogens with two attached hydrogens (primary N) is 1. The lowest BCUT2D eigenvalue weighted by atomic mass is 10.2. The average molecular weight is 210 g/mol. The van der Waals surface area contributed by atoms with Crippen LogP contribution in [0.4, 0.5) is 4.39 Å². The van der Waals surface area contributed by atoms with E-state index in [1.54, 1.807) is 0 Å². The molecule has 15 heavy (non-hydrogen) atoms. The standard InChI is InChI=1S/C10H11FN2O2/c1-13(6-9(12)14)10(15)7-2-4-8(11)5-3-7/h2-5H,6H2,1H3,(H2,12,14). The molecule has 0 fully saturated rings. The Balaban J connectivity index is 2.76. The Bertz CT molecular complexity index is 376. The van der Waals surface area contributed by atoms with Crippen molar-refractivity contribution < 1.29 is 14.0 Å². The number of benzene rings is 1. The van der Waals surface area contributed by atoms with E-state index in [1.165, 1.54) is 36.2 Å². The number of primary amides is 1. The molecule has 2 amide bonds. The monoisotopic (exact) mass is 210 g/mol. The van der Waals surface area contributed by atoms with Gasteiger partial charge in [-0.3, -0.25) is 9.59 Å². The van der Waals surface area contributed by atoms with Gasteiger partial charge in [0, 0.05) is 12.6 Å². The van der Waals surface area contributed by atoms with Crippen LogP contribution in [-0.4, -0.2) is 30.3 Å². The van der Waals surface area contributed by atoms with E-state index in [0.717, 1.165) is 0 Å². The number of carbonyl (C=O) groups is 2. The summed E-state index contributed by atoms with van der Waals surface area (Å²) in [5.41, 5.74) is 5.26. The number of hydrogen-bond acceptors (Lipinski definition) is 2. The van der Waals surface area contributed by atoms with Crippen molar-refractivity contribution in [3.05, 3.63) is 35.6 Å². The van der Waals surface area contributed by atoms with Gasteiger partial charge in [-0.05, 0) is 24.3 Å². The quantitative estimate of drug-likeness (QED) is 0.784. The zero-order chi connectivity index (χ0) is 11.4. The maximum Gasteiger partial charge on any atom is 0.254 e. The molecule has 0 bridgehead atoms. The summed E-state index contributed by atoms with van der Waals surface area (Å²) in [6.07, 6.45) is 0. The molecule has 0 atom stereocenters. The van der Waals surface area contributed by atoms with Crippen molar-refractivity contribution in [2.24, 2.45) is 5.73 Å². The van der Waals surface area contributed by atoms with Crippen LogP contribution in [0.2, 0.25) is 0 Å². The number of carbonyl (C=O) groups excluding carboxylic acids is 2. The molecule has 0 saturated carbocycles. The number of halogens is 1. The van der Waals surface area contributed by atoms with Gasteiger partial charge in [-0.15, -0.1) is 0 Å². The highest BCUT2D eigenvalue weighted by atomic mass is 19.1. The molecule has 1 rings (SSSR count). The SMILES string of the molecule is CN(CC(N)=O)C(=O)c1ccc(F)cc1. The Hall–Kier alpha value is -1.91. The number of hydrogen-bond donors (Lipinski definition) is 1. The van der Waals surface area contributed by atoms with Crippen LogP contribution in [0.15, 0.2) is 24.3 Å². The third-order valence-electron chi connectivity index (χ3n) is 1.83. The van der Waals surface area contributed by atoms with Crippen LogP contribution in [0, 0.1) is 5.82 Å². The van der Waals surface area contributed by atoms with Gasteiger partial charge in [0.25, 0.3) is 5.91 Å². The van der Waals surface area contributed by atoms with Crippen LogP contribution in [0.3, 0.4) is 0 Å². The first-order chi connectivity index (χ1) is 7.00. The number of rotatable bonds is 3. The third-order valence-corrected chi connectivity index (χ3v) is 1.83. The summed E-state index contributed by atoms with van der Waals surface area (Å²) in [6, 6.07) is 5.08. The van der Waals surface area contributed by atoms with Crippen molar-refractivity contribution in [1.82, 2.24) is 4.90 Å². The van der Waals surface area contributed by atoms with Crippen LogP contribution in [0.5, 0.6) is 0 Å². The minimum atomic E-state index is -0.590.